The monoisotopic (exact) mass is 445 g/mol. The Kier molecular flexibility index (Phi) is 7.00. The lowest BCUT2D eigenvalue weighted by molar-refractivity contribution is -0.135. The second-order valence-corrected chi connectivity index (χ2v) is 10.3. The molecule has 2 heterocycles. The predicted molar refractivity (Wildman–Crippen MR) is 120 cm³/mol. The lowest BCUT2D eigenvalue weighted by Crippen LogP contribution is -2.58. The number of nitrogens with one attached hydrogen (secondary N) is 1. The van der Waals surface area contributed by atoms with Crippen molar-refractivity contribution in [3.63, 3.8) is 0 Å². The van der Waals surface area contributed by atoms with Crippen molar-refractivity contribution in [2.45, 2.75) is 71.8 Å². The number of carbonyl (C=O) groups is 3. The van der Waals surface area contributed by atoms with E-state index in [-0.39, 0.29) is 30.1 Å². The van der Waals surface area contributed by atoms with Crippen molar-refractivity contribution in [2.75, 3.05) is 19.6 Å². The minimum atomic E-state index is -0.590. The Bertz CT molecular complexity index is 834. The van der Waals surface area contributed by atoms with E-state index < -0.39 is 17.7 Å². The quantitative estimate of drug-likeness (QED) is 0.766. The Morgan fingerprint density at radius 1 is 1.12 bits per heavy atom. The molecule has 32 heavy (non-hydrogen) atoms. The molecule has 8 nitrogen and oxygen atoms in total. The highest BCUT2D eigenvalue weighted by Crippen LogP contribution is 2.36. The Labute approximate surface area is 190 Å². The highest BCUT2D eigenvalue weighted by molar-refractivity contribution is 5.87. The standard InChI is InChI=1S/C24H35N3O5/c1-23(2,3)32-22(30)26-13-12-19(24(4,5)16-26)27-14-11-18(20(27)28)25-21(29)31-15-17-9-7-6-8-10-17/h6-10,18-19H,11-16H2,1-5H3,(H,25,29). The Balaban J connectivity index is 1.53. The van der Waals surface area contributed by atoms with E-state index in [1.807, 2.05) is 56.0 Å². The second kappa shape index (κ2) is 9.38. The largest absolute Gasteiger partial charge is 0.445 e. The third kappa shape index (κ3) is 5.93. The summed E-state index contributed by atoms with van der Waals surface area (Å²) >= 11 is 0. The minimum Gasteiger partial charge on any atom is -0.445 e. The van der Waals surface area contributed by atoms with Gasteiger partial charge in [0.05, 0.1) is 0 Å². The van der Waals surface area contributed by atoms with Crippen LogP contribution in [0, 0.1) is 5.41 Å². The SMILES string of the molecule is CC(C)(C)OC(=O)N1CCC(N2CCC(NC(=O)OCc3ccccc3)C2=O)C(C)(C)C1. The van der Waals surface area contributed by atoms with E-state index in [9.17, 15) is 14.4 Å². The molecule has 0 bridgehead atoms. The predicted octanol–water partition coefficient (Wildman–Crippen LogP) is 3.55. The summed E-state index contributed by atoms with van der Waals surface area (Å²) in [7, 11) is 0. The van der Waals surface area contributed by atoms with Crippen LogP contribution in [0.15, 0.2) is 30.3 Å². The van der Waals surface area contributed by atoms with Gasteiger partial charge in [0.1, 0.15) is 18.2 Å². The van der Waals surface area contributed by atoms with Crippen molar-refractivity contribution < 1.29 is 23.9 Å². The molecule has 2 aliphatic rings. The topological polar surface area (TPSA) is 88.2 Å². The molecule has 1 aromatic rings. The van der Waals surface area contributed by atoms with Gasteiger partial charge in [-0.1, -0.05) is 44.2 Å². The van der Waals surface area contributed by atoms with Crippen LogP contribution in [-0.4, -0.2) is 65.2 Å². The van der Waals surface area contributed by atoms with Gasteiger partial charge in [0.25, 0.3) is 0 Å². The normalized spacial score (nSPS) is 23.1. The molecule has 1 aromatic carbocycles. The summed E-state index contributed by atoms with van der Waals surface area (Å²) in [5, 5.41) is 2.71. The van der Waals surface area contributed by atoms with Crippen LogP contribution < -0.4 is 5.32 Å². The number of hydrogen-bond acceptors (Lipinski definition) is 5. The summed E-state index contributed by atoms with van der Waals surface area (Å²) < 4.78 is 10.8. The van der Waals surface area contributed by atoms with E-state index in [0.717, 1.165) is 5.56 Å². The average molecular weight is 446 g/mol. The number of nitrogens with zero attached hydrogens (tertiary/aromatic N) is 2. The third-order valence-corrected chi connectivity index (χ3v) is 5.95. The smallest absolute Gasteiger partial charge is 0.410 e. The van der Waals surface area contributed by atoms with Crippen molar-refractivity contribution in [1.29, 1.82) is 0 Å². The molecule has 2 saturated heterocycles. The summed E-state index contributed by atoms with van der Waals surface area (Å²) in [4.78, 5) is 41.3. The van der Waals surface area contributed by atoms with E-state index in [4.69, 9.17) is 9.47 Å². The van der Waals surface area contributed by atoms with E-state index in [0.29, 0.717) is 32.5 Å². The number of likely N-dealkylation sites (tertiary alicyclic amines) is 2. The summed E-state index contributed by atoms with van der Waals surface area (Å²) in [6.07, 6.45) is 0.302. The Morgan fingerprint density at radius 2 is 1.81 bits per heavy atom. The fourth-order valence-electron chi connectivity index (χ4n) is 4.46. The van der Waals surface area contributed by atoms with Crippen LogP contribution in [0.4, 0.5) is 9.59 Å². The van der Waals surface area contributed by atoms with Crippen molar-refractivity contribution in [2.24, 2.45) is 5.41 Å². The summed E-state index contributed by atoms with van der Waals surface area (Å²) in [5.41, 5.74) is 0.0466. The molecule has 3 amide bonds. The number of amides is 3. The molecule has 0 aromatic heterocycles. The van der Waals surface area contributed by atoms with E-state index in [1.54, 1.807) is 4.90 Å². The molecule has 8 heteroatoms. The van der Waals surface area contributed by atoms with Gasteiger partial charge in [0, 0.05) is 31.1 Å². The molecular weight excluding hydrogens is 410 g/mol. The highest BCUT2D eigenvalue weighted by atomic mass is 16.6. The van der Waals surface area contributed by atoms with Gasteiger partial charge in [0.15, 0.2) is 0 Å². The van der Waals surface area contributed by atoms with E-state index >= 15 is 0 Å². The van der Waals surface area contributed by atoms with Gasteiger partial charge in [-0.2, -0.15) is 0 Å². The van der Waals surface area contributed by atoms with Crippen LogP contribution in [0.1, 0.15) is 53.0 Å². The van der Waals surface area contributed by atoms with Gasteiger partial charge < -0.3 is 24.6 Å². The van der Waals surface area contributed by atoms with Gasteiger partial charge in [-0.3, -0.25) is 4.79 Å². The van der Waals surface area contributed by atoms with Crippen molar-refractivity contribution >= 4 is 18.1 Å². The molecule has 2 aliphatic heterocycles. The fraction of sp³-hybridized carbons (Fsp3) is 0.625. The van der Waals surface area contributed by atoms with Gasteiger partial charge in [0.2, 0.25) is 5.91 Å². The maximum Gasteiger partial charge on any atom is 0.410 e. The van der Waals surface area contributed by atoms with E-state index in [1.165, 1.54) is 0 Å². The van der Waals surface area contributed by atoms with Crippen molar-refractivity contribution in [1.82, 2.24) is 15.1 Å². The molecule has 0 aliphatic carbocycles. The first-order chi connectivity index (χ1) is 15.0. The molecule has 1 N–H and O–H groups in total. The maximum absolute atomic E-state index is 13.1. The lowest BCUT2D eigenvalue weighted by Gasteiger charge is -2.47. The first-order valence-corrected chi connectivity index (χ1v) is 11.2. The summed E-state index contributed by atoms with van der Waals surface area (Å²) in [6, 6.07) is 8.81. The molecule has 2 fully saturated rings. The first kappa shape index (κ1) is 23.9. The van der Waals surface area contributed by atoms with Crippen LogP contribution in [-0.2, 0) is 20.9 Å². The lowest BCUT2D eigenvalue weighted by atomic mass is 9.78. The molecule has 0 saturated carbocycles. The number of benzene rings is 1. The first-order valence-electron chi connectivity index (χ1n) is 11.2. The van der Waals surface area contributed by atoms with Crippen LogP contribution in [0.3, 0.4) is 0 Å². The van der Waals surface area contributed by atoms with Gasteiger partial charge in [-0.05, 0) is 39.2 Å². The fourth-order valence-corrected chi connectivity index (χ4v) is 4.46. The number of carbonyl (C=O) groups excluding carboxylic acids is 3. The highest BCUT2D eigenvalue weighted by Gasteiger charge is 2.46. The molecular formula is C24H35N3O5. The molecule has 3 rings (SSSR count). The van der Waals surface area contributed by atoms with E-state index in [2.05, 4.69) is 19.2 Å². The zero-order valence-corrected chi connectivity index (χ0v) is 19.7. The maximum atomic E-state index is 13.1. The molecule has 2 atom stereocenters. The molecule has 176 valence electrons. The summed E-state index contributed by atoms with van der Waals surface area (Å²) in [5.74, 6) is -0.0922. The number of rotatable bonds is 4. The van der Waals surface area contributed by atoms with Crippen molar-refractivity contribution in [3.05, 3.63) is 35.9 Å². The van der Waals surface area contributed by atoms with Crippen molar-refractivity contribution in [3.8, 4) is 0 Å². The second-order valence-electron chi connectivity index (χ2n) is 10.3. The average Bonchev–Trinajstić information content (AvgIpc) is 3.05. The molecule has 0 spiro atoms. The minimum absolute atomic E-state index is 0.0131. The molecule has 2 unspecified atom stereocenters. The molecule has 0 radical (unpaired) electrons. The zero-order chi connectivity index (χ0) is 23.5. The van der Waals surface area contributed by atoms with Crippen LogP contribution in [0.5, 0.6) is 0 Å². The van der Waals surface area contributed by atoms with Crippen LogP contribution in [0.2, 0.25) is 0 Å². The number of alkyl carbamates (subject to hydrolysis) is 1. The van der Waals surface area contributed by atoms with Crippen LogP contribution in [0.25, 0.3) is 0 Å². The van der Waals surface area contributed by atoms with Gasteiger partial charge in [-0.25, -0.2) is 9.59 Å². The number of hydrogen-bond donors (Lipinski definition) is 1. The third-order valence-electron chi connectivity index (χ3n) is 5.95. The summed E-state index contributed by atoms with van der Waals surface area (Å²) in [6.45, 7) is 11.5. The van der Waals surface area contributed by atoms with Gasteiger partial charge in [-0.15, -0.1) is 0 Å². The number of piperidine rings is 1. The zero-order valence-electron chi connectivity index (χ0n) is 19.7. The van der Waals surface area contributed by atoms with Gasteiger partial charge >= 0.3 is 12.2 Å². The Morgan fingerprint density at radius 3 is 2.44 bits per heavy atom. The van der Waals surface area contributed by atoms with Crippen LogP contribution >= 0.6 is 0 Å². The Hall–Kier alpha value is -2.77. The number of ether oxygens (including phenoxy) is 2.